The number of nitrogens with zero attached hydrogens (tertiary/aromatic N) is 4. The zero-order valence-electron chi connectivity index (χ0n) is 19.5. The minimum absolute atomic E-state index is 0.298. The van der Waals surface area contributed by atoms with E-state index >= 15 is 0 Å². The SMILES string of the molecule is CN1CCOc2cc(-c3ccc4nccc(C(=O)NCC(=O)N5CC(F)(F)CC5C#N)c4c3)ccc21. The number of fused-ring (bicyclic) bond motifs is 2. The number of pyridine rings is 1. The number of nitriles is 1. The van der Waals surface area contributed by atoms with E-state index in [1.54, 1.807) is 12.1 Å². The smallest absolute Gasteiger partial charge is 0.268 e. The predicted octanol–water partition coefficient (Wildman–Crippen LogP) is 3.22. The Bertz CT molecular complexity index is 1400. The largest absolute Gasteiger partial charge is 0.490 e. The van der Waals surface area contributed by atoms with Gasteiger partial charge in [0.05, 0.1) is 42.5 Å². The van der Waals surface area contributed by atoms with Gasteiger partial charge in [0.15, 0.2) is 0 Å². The molecule has 1 aromatic heterocycles. The van der Waals surface area contributed by atoms with E-state index in [2.05, 4.69) is 15.2 Å². The van der Waals surface area contributed by atoms with Crippen LogP contribution in [0, 0.1) is 11.3 Å². The van der Waals surface area contributed by atoms with Crippen LogP contribution < -0.4 is 15.0 Å². The quantitative estimate of drug-likeness (QED) is 0.602. The summed E-state index contributed by atoms with van der Waals surface area (Å²) >= 11 is 0. The summed E-state index contributed by atoms with van der Waals surface area (Å²) in [6.45, 7) is 0.0855. The Hall–Kier alpha value is -4.26. The first kappa shape index (κ1) is 23.5. The molecule has 10 heteroatoms. The van der Waals surface area contributed by atoms with Crippen LogP contribution in [0.5, 0.6) is 5.75 Å². The lowest BCUT2D eigenvalue weighted by Gasteiger charge is -2.28. The Labute approximate surface area is 206 Å². The molecule has 0 aliphatic carbocycles. The zero-order valence-corrected chi connectivity index (χ0v) is 19.5. The molecule has 0 spiro atoms. The first-order valence-electron chi connectivity index (χ1n) is 11.5. The summed E-state index contributed by atoms with van der Waals surface area (Å²) in [7, 11) is 2.01. The molecular weight excluding hydrogens is 468 g/mol. The fraction of sp³-hybridized carbons (Fsp3) is 0.308. The van der Waals surface area contributed by atoms with Crippen molar-refractivity contribution < 1.29 is 23.1 Å². The van der Waals surface area contributed by atoms with Crippen molar-refractivity contribution in [2.45, 2.75) is 18.4 Å². The molecule has 2 amide bonds. The van der Waals surface area contributed by atoms with Gasteiger partial charge in [-0.2, -0.15) is 5.26 Å². The molecule has 2 aromatic carbocycles. The standard InChI is InChI=1S/C26H23F2N5O3/c1-32-8-9-36-23-11-17(3-5-22(23)32)16-2-4-21-20(10-16)19(6-7-30-21)25(35)31-14-24(34)33-15-26(27,28)12-18(33)13-29/h2-7,10-11,18H,8-9,12,14-15H2,1H3,(H,31,35). The van der Waals surface area contributed by atoms with Gasteiger partial charge in [-0.25, -0.2) is 8.78 Å². The van der Waals surface area contributed by atoms with Crippen LogP contribution >= 0.6 is 0 Å². The van der Waals surface area contributed by atoms with E-state index in [-0.39, 0.29) is 0 Å². The summed E-state index contributed by atoms with van der Waals surface area (Å²) in [6, 6.07) is 13.6. The average molecular weight is 491 g/mol. The van der Waals surface area contributed by atoms with Gasteiger partial charge in [0.2, 0.25) is 5.91 Å². The summed E-state index contributed by atoms with van der Waals surface area (Å²) in [6.07, 6.45) is 0.791. The summed E-state index contributed by atoms with van der Waals surface area (Å²) < 4.78 is 33.2. The number of likely N-dealkylation sites (tertiary alicyclic amines) is 1. The molecule has 1 fully saturated rings. The van der Waals surface area contributed by atoms with Crippen LogP contribution in [0.25, 0.3) is 22.0 Å². The Morgan fingerprint density at radius 3 is 2.81 bits per heavy atom. The molecule has 0 saturated carbocycles. The molecule has 0 bridgehead atoms. The van der Waals surface area contributed by atoms with Gasteiger partial charge < -0.3 is 19.9 Å². The number of hydrogen-bond acceptors (Lipinski definition) is 6. The summed E-state index contributed by atoms with van der Waals surface area (Å²) in [5, 5.41) is 12.2. The zero-order chi connectivity index (χ0) is 25.4. The Morgan fingerprint density at radius 1 is 1.22 bits per heavy atom. The average Bonchev–Trinajstić information content (AvgIpc) is 3.21. The van der Waals surface area contributed by atoms with E-state index in [4.69, 9.17) is 10.00 Å². The number of carbonyl (C=O) groups excluding carboxylic acids is 2. The van der Waals surface area contributed by atoms with Gasteiger partial charge in [-0.1, -0.05) is 12.1 Å². The van der Waals surface area contributed by atoms with Crippen molar-refractivity contribution in [1.82, 2.24) is 15.2 Å². The van der Waals surface area contributed by atoms with E-state index in [1.165, 1.54) is 6.20 Å². The van der Waals surface area contributed by atoms with Crippen molar-refractivity contribution in [1.29, 1.82) is 5.26 Å². The van der Waals surface area contributed by atoms with Gasteiger partial charge in [-0.05, 0) is 41.5 Å². The fourth-order valence-electron chi connectivity index (χ4n) is 4.61. The molecule has 3 heterocycles. The number of rotatable bonds is 4. The second-order valence-corrected chi connectivity index (χ2v) is 8.95. The van der Waals surface area contributed by atoms with Crippen LogP contribution in [0.3, 0.4) is 0 Å². The van der Waals surface area contributed by atoms with Crippen molar-refractivity contribution >= 4 is 28.4 Å². The van der Waals surface area contributed by atoms with E-state index < -0.39 is 43.3 Å². The third-order valence-electron chi connectivity index (χ3n) is 6.51. The van der Waals surface area contributed by atoms with Crippen LogP contribution in [0.2, 0.25) is 0 Å². The van der Waals surface area contributed by atoms with Crippen LogP contribution in [0.4, 0.5) is 14.5 Å². The highest BCUT2D eigenvalue weighted by Crippen LogP contribution is 2.36. The van der Waals surface area contributed by atoms with Gasteiger partial charge in [-0.15, -0.1) is 0 Å². The van der Waals surface area contributed by atoms with Crippen LogP contribution in [0.1, 0.15) is 16.8 Å². The molecule has 1 atom stereocenters. The molecule has 1 N–H and O–H groups in total. The second-order valence-electron chi connectivity index (χ2n) is 8.95. The summed E-state index contributed by atoms with van der Waals surface area (Å²) in [5.74, 6) is -3.60. The second kappa shape index (κ2) is 9.07. The highest BCUT2D eigenvalue weighted by Gasteiger charge is 2.47. The van der Waals surface area contributed by atoms with E-state index in [0.29, 0.717) is 23.1 Å². The predicted molar refractivity (Wildman–Crippen MR) is 129 cm³/mol. The number of nitrogens with one attached hydrogen (secondary N) is 1. The first-order valence-corrected chi connectivity index (χ1v) is 11.5. The van der Waals surface area contributed by atoms with Crippen molar-refractivity contribution in [3.8, 4) is 22.9 Å². The molecule has 2 aliphatic rings. The number of alkyl halides is 2. The van der Waals surface area contributed by atoms with Gasteiger partial charge in [0.25, 0.3) is 11.8 Å². The maximum absolute atomic E-state index is 13.7. The molecule has 184 valence electrons. The number of halogens is 2. The van der Waals surface area contributed by atoms with Crippen LogP contribution in [-0.2, 0) is 4.79 Å². The summed E-state index contributed by atoms with van der Waals surface area (Å²) in [4.78, 5) is 32.7. The van der Waals surface area contributed by atoms with E-state index in [1.807, 2.05) is 43.4 Å². The molecule has 2 aliphatic heterocycles. The monoisotopic (exact) mass is 491 g/mol. The minimum Gasteiger partial charge on any atom is -0.490 e. The van der Waals surface area contributed by atoms with E-state index in [0.717, 1.165) is 34.0 Å². The third-order valence-corrected chi connectivity index (χ3v) is 6.51. The van der Waals surface area contributed by atoms with Crippen molar-refractivity contribution in [3.05, 3.63) is 54.2 Å². The number of hydrogen-bond donors (Lipinski definition) is 1. The van der Waals surface area contributed by atoms with E-state index in [9.17, 15) is 18.4 Å². The Kier molecular flexibility index (Phi) is 5.92. The lowest BCUT2D eigenvalue weighted by Crippen LogP contribution is -2.43. The number of anilines is 1. The van der Waals surface area contributed by atoms with Crippen molar-refractivity contribution in [3.63, 3.8) is 0 Å². The Morgan fingerprint density at radius 2 is 2.00 bits per heavy atom. The number of ether oxygens (including phenoxy) is 1. The molecule has 5 rings (SSSR count). The number of aromatic nitrogens is 1. The third kappa shape index (κ3) is 4.40. The molecule has 0 radical (unpaired) electrons. The minimum atomic E-state index is -3.12. The number of carbonyl (C=O) groups is 2. The molecule has 1 unspecified atom stereocenters. The molecule has 36 heavy (non-hydrogen) atoms. The van der Waals surface area contributed by atoms with Gasteiger partial charge in [0, 0.05) is 25.1 Å². The highest BCUT2D eigenvalue weighted by molar-refractivity contribution is 6.07. The molecule has 3 aromatic rings. The normalized spacial score (nSPS) is 18.3. The maximum Gasteiger partial charge on any atom is 0.268 e. The first-order chi connectivity index (χ1) is 17.3. The molecular formula is C26H23F2N5O3. The number of likely N-dealkylation sites (N-methyl/N-ethyl adjacent to an activating group) is 1. The van der Waals surface area contributed by atoms with Gasteiger partial charge in [0.1, 0.15) is 18.4 Å². The number of benzene rings is 2. The van der Waals surface area contributed by atoms with Crippen molar-refractivity contribution in [2.24, 2.45) is 0 Å². The lowest BCUT2D eigenvalue weighted by atomic mass is 9.99. The van der Waals surface area contributed by atoms with Gasteiger partial charge in [-0.3, -0.25) is 14.6 Å². The lowest BCUT2D eigenvalue weighted by molar-refractivity contribution is -0.131. The summed E-state index contributed by atoms with van der Waals surface area (Å²) in [5.41, 5.74) is 3.67. The van der Waals surface area contributed by atoms with Crippen molar-refractivity contribution in [2.75, 3.05) is 38.2 Å². The molecule has 1 saturated heterocycles. The Balaban J connectivity index is 1.38. The van der Waals surface area contributed by atoms with Crippen LogP contribution in [-0.4, -0.2) is 67.0 Å². The topological polar surface area (TPSA) is 98.6 Å². The fourth-order valence-corrected chi connectivity index (χ4v) is 4.61. The maximum atomic E-state index is 13.7. The number of amides is 2. The van der Waals surface area contributed by atoms with Crippen LogP contribution in [0.15, 0.2) is 48.7 Å². The highest BCUT2D eigenvalue weighted by atomic mass is 19.3. The molecule has 8 nitrogen and oxygen atoms in total. The van der Waals surface area contributed by atoms with Gasteiger partial charge >= 0.3 is 0 Å².